The van der Waals surface area contributed by atoms with Gasteiger partial charge in [0, 0.05) is 44.5 Å². The molecule has 0 atom stereocenters. The van der Waals surface area contributed by atoms with Crippen molar-refractivity contribution in [3.8, 4) is 0 Å². The van der Waals surface area contributed by atoms with Crippen molar-refractivity contribution in [1.29, 1.82) is 0 Å². The fourth-order valence-electron chi connectivity index (χ4n) is 2.95. The first-order valence-electron chi connectivity index (χ1n) is 8.93. The fraction of sp³-hybridized carbons (Fsp3) is 0.381. The molecule has 0 radical (unpaired) electrons. The highest BCUT2D eigenvalue weighted by Crippen LogP contribution is 2.31. The van der Waals surface area contributed by atoms with Crippen LogP contribution in [0, 0.1) is 6.92 Å². The van der Waals surface area contributed by atoms with Crippen LogP contribution in [0.4, 0.5) is 5.69 Å². The van der Waals surface area contributed by atoms with E-state index in [9.17, 15) is 9.59 Å². The number of carbonyl (C=O) groups is 2. The minimum Gasteiger partial charge on any atom is -0.352 e. The molecule has 0 spiro atoms. The molecule has 2 rings (SSSR count). The highest BCUT2D eigenvalue weighted by Gasteiger charge is 2.20. The molecule has 0 aliphatic heterocycles. The van der Waals surface area contributed by atoms with Gasteiger partial charge in [0.2, 0.25) is 11.8 Å². The van der Waals surface area contributed by atoms with Gasteiger partial charge in [0.15, 0.2) is 0 Å². The number of nitrogens with one attached hydrogen (secondary N) is 1. The maximum atomic E-state index is 12.2. The lowest BCUT2D eigenvalue weighted by atomic mass is 9.97. The third kappa shape index (κ3) is 5.15. The molecule has 1 aromatic heterocycles. The van der Waals surface area contributed by atoms with Crippen LogP contribution in [-0.4, -0.2) is 23.3 Å². The molecule has 2 aromatic rings. The summed E-state index contributed by atoms with van der Waals surface area (Å²) in [6.45, 7) is 8.56. The molecule has 0 unspecified atom stereocenters. The lowest BCUT2D eigenvalue weighted by Crippen LogP contribution is -2.35. The Kier molecular flexibility index (Phi) is 6.89. The van der Waals surface area contributed by atoms with Gasteiger partial charge in [-0.2, -0.15) is 0 Å². The van der Waals surface area contributed by atoms with E-state index in [1.54, 1.807) is 24.2 Å². The summed E-state index contributed by atoms with van der Waals surface area (Å²) >= 11 is 0. The number of nitrogens with zero attached hydrogens (tertiary/aromatic N) is 2. The van der Waals surface area contributed by atoms with E-state index >= 15 is 0 Å². The Hall–Kier alpha value is -2.69. The Bertz CT molecular complexity index is 757. The first-order valence-corrected chi connectivity index (χ1v) is 8.93. The standard InChI is InChI=1S/C21H27N3O2/c1-15(2)19-9-5-7-16(3)21(19)24(17(4)25)12-10-20(26)23-14-18-8-6-11-22-13-18/h5-9,11,13,15H,10,12,14H2,1-4H3,(H,23,26). The van der Waals surface area contributed by atoms with Gasteiger partial charge in [-0.05, 0) is 35.6 Å². The molecule has 5 heteroatoms. The number of amides is 2. The lowest BCUT2D eigenvalue weighted by Gasteiger charge is -2.27. The summed E-state index contributed by atoms with van der Waals surface area (Å²) < 4.78 is 0. The smallest absolute Gasteiger partial charge is 0.223 e. The summed E-state index contributed by atoms with van der Waals surface area (Å²) in [4.78, 5) is 30.2. The van der Waals surface area contributed by atoms with Crippen molar-refractivity contribution in [2.45, 2.75) is 46.6 Å². The molecule has 0 bridgehead atoms. The van der Waals surface area contributed by atoms with Crippen LogP contribution in [0.1, 0.15) is 49.8 Å². The number of anilines is 1. The topological polar surface area (TPSA) is 62.3 Å². The molecule has 0 aliphatic rings. The zero-order chi connectivity index (χ0) is 19.1. The van der Waals surface area contributed by atoms with Crippen molar-refractivity contribution in [3.05, 3.63) is 59.4 Å². The molecule has 2 amide bonds. The molecule has 1 N–H and O–H groups in total. The largest absolute Gasteiger partial charge is 0.352 e. The summed E-state index contributed by atoms with van der Waals surface area (Å²) in [5.41, 5.74) is 4.04. The minimum absolute atomic E-state index is 0.0544. The van der Waals surface area contributed by atoms with Crippen LogP contribution in [-0.2, 0) is 16.1 Å². The summed E-state index contributed by atoms with van der Waals surface area (Å²) in [7, 11) is 0. The second-order valence-electron chi connectivity index (χ2n) is 6.73. The summed E-state index contributed by atoms with van der Waals surface area (Å²) in [6.07, 6.45) is 3.68. The highest BCUT2D eigenvalue weighted by molar-refractivity contribution is 5.94. The maximum Gasteiger partial charge on any atom is 0.223 e. The molecule has 0 saturated heterocycles. The Morgan fingerprint density at radius 3 is 2.58 bits per heavy atom. The van der Waals surface area contributed by atoms with Crippen molar-refractivity contribution >= 4 is 17.5 Å². The Morgan fingerprint density at radius 2 is 1.96 bits per heavy atom. The maximum absolute atomic E-state index is 12.2. The molecular formula is C21H27N3O2. The highest BCUT2D eigenvalue weighted by atomic mass is 16.2. The van der Waals surface area contributed by atoms with Crippen molar-refractivity contribution < 1.29 is 9.59 Å². The number of pyridine rings is 1. The van der Waals surface area contributed by atoms with Crippen LogP contribution in [0.2, 0.25) is 0 Å². The van der Waals surface area contributed by atoms with Crippen molar-refractivity contribution in [2.75, 3.05) is 11.4 Å². The Labute approximate surface area is 155 Å². The average molecular weight is 353 g/mol. The predicted octanol–water partition coefficient (Wildman–Crippen LogP) is 3.57. The molecule has 0 aliphatic carbocycles. The van der Waals surface area contributed by atoms with Gasteiger partial charge >= 0.3 is 0 Å². The SMILES string of the molecule is CC(=O)N(CCC(=O)NCc1cccnc1)c1c(C)cccc1C(C)C. The number of benzene rings is 1. The van der Waals surface area contributed by atoms with E-state index in [0.717, 1.165) is 22.4 Å². The van der Waals surface area contributed by atoms with Crippen LogP contribution in [0.3, 0.4) is 0 Å². The van der Waals surface area contributed by atoms with Gasteiger partial charge in [-0.1, -0.05) is 38.1 Å². The van der Waals surface area contributed by atoms with E-state index in [1.165, 1.54) is 0 Å². The molecule has 138 valence electrons. The third-order valence-corrected chi connectivity index (χ3v) is 4.32. The first-order chi connectivity index (χ1) is 12.4. The Morgan fingerprint density at radius 1 is 1.19 bits per heavy atom. The second kappa shape index (κ2) is 9.13. The van der Waals surface area contributed by atoms with Gasteiger partial charge in [0.25, 0.3) is 0 Å². The number of carbonyl (C=O) groups excluding carboxylic acids is 2. The molecule has 5 nitrogen and oxygen atoms in total. The van der Waals surface area contributed by atoms with Crippen molar-refractivity contribution in [1.82, 2.24) is 10.3 Å². The van der Waals surface area contributed by atoms with Gasteiger partial charge in [0.05, 0.1) is 0 Å². The average Bonchev–Trinajstić information content (AvgIpc) is 2.61. The molecule has 1 aromatic carbocycles. The fourth-order valence-corrected chi connectivity index (χ4v) is 2.95. The predicted molar refractivity (Wildman–Crippen MR) is 104 cm³/mol. The van der Waals surface area contributed by atoms with Gasteiger partial charge in [0.1, 0.15) is 0 Å². The summed E-state index contributed by atoms with van der Waals surface area (Å²) in [5.74, 6) is 0.159. The van der Waals surface area contributed by atoms with E-state index in [2.05, 4.69) is 24.1 Å². The molecule has 0 fully saturated rings. The summed E-state index contributed by atoms with van der Waals surface area (Å²) in [5, 5.41) is 2.88. The molecule has 0 saturated carbocycles. The molecule has 26 heavy (non-hydrogen) atoms. The third-order valence-electron chi connectivity index (χ3n) is 4.32. The lowest BCUT2D eigenvalue weighted by molar-refractivity contribution is -0.121. The van der Waals surface area contributed by atoms with Gasteiger partial charge in [-0.25, -0.2) is 0 Å². The van der Waals surface area contributed by atoms with Gasteiger partial charge < -0.3 is 10.2 Å². The zero-order valence-corrected chi connectivity index (χ0v) is 16.0. The van der Waals surface area contributed by atoms with Crippen LogP contribution < -0.4 is 10.2 Å². The molecule has 1 heterocycles. The quantitative estimate of drug-likeness (QED) is 0.828. The summed E-state index contributed by atoms with van der Waals surface area (Å²) in [6, 6.07) is 9.81. The van der Waals surface area contributed by atoms with Gasteiger partial charge in [-0.15, -0.1) is 0 Å². The van der Waals surface area contributed by atoms with Crippen molar-refractivity contribution in [2.24, 2.45) is 0 Å². The van der Waals surface area contributed by atoms with E-state index in [4.69, 9.17) is 0 Å². The van der Waals surface area contributed by atoms with Crippen LogP contribution >= 0.6 is 0 Å². The van der Waals surface area contributed by atoms with E-state index < -0.39 is 0 Å². The van der Waals surface area contributed by atoms with Crippen LogP contribution in [0.5, 0.6) is 0 Å². The number of aromatic nitrogens is 1. The normalized spacial score (nSPS) is 10.7. The number of hydrogen-bond acceptors (Lipinski definition) is 3. The number of hydrogen-bond donors (Lipinski definition) is 1. The van der Waals surface area contributed by atoms with Crippen LogP contribution in [0.25, 0.3) is 0 Å². The molecular weight excluding hydrogens is 326 g/mol. The number of aryl methyl sites for hydroxylation is 1. The van der Waals surface area contributed by atoms with Crippen molar-refractivity contribution in [3.63, 3.8) is 0 Å². The minimum atomic E-state index is -0.0835. The number of rotatable bonds is 7. The van der Waals surface area contributed by atoms with Crippen LogP contribution in [0.15, 0.2) is 42.7 Å². The monoisotopic (exact) mass is 353 g/mol. The van der Waals surface area contributed by atoms with E-state index in [1.807, 2.05) is 37.3 Å². The second-order valence-corrected chi connectivity index (χ2v) is 6.73. The first kappa shape index (κ1) is 19.6. The van der Waals surface area contributed by atoms with Gasteiger partial charge in [-0.3, -0.25) is 14.6 Å². The zero-order valence-electron chi connectivity index (χ0n) is 16.0. The van der Waals surface area contributed by atoms with E-state index in [0.29, 0.717) is 19.0 Å². The number of para-hydroxylation sites is 1. The Balaban J connectivity index is 2.05. The van der Waals surface area contributed by atoms with E-state index in [-0.39, 0.29) is 18.2 Å².